The molecule has 0 aliphatic rings. The molecule has 0 aliphatic heterocycles. The van der Waals surface area contributed by atoms with Gasteiger partial charge in [0.1, 0.15) is 5.75 Å². The number of nitrogens with zero attached hydrogens (tertiary/aromatic N) is 1. The van der Waals surface area contributed by atoms with Gasteiger partial charge >= 0.3 is 0 Å². The molecule has 0 saturated carbocycles. The number of amides is 1. The van der Waals surface area contributed by atoms with E-state index in [2.05, 4.69) is 20.2 Å². The Morgan fingerprint density at radius 2 is 1.77 bits per heavy atom. The van der Waals surface area contributed by atoms with E-state index < -0.39 is 15.9 Å². The molecule has 0 saturated heterocycles. The lowest BCUT2D eigenvalue weighted by molar-refractivity contribution is 0.102. The molecule has 1 aromatic heterocycles. The summed E-state index contributed by atoms with van der Waals surface area (Å²) in [6.07, 6.45) is 1.31. The summed E-state index contributed by atoms with van der Waals surface area (Å²) in [5.41, 5.74) is 0.560. The summed E-state index contributed by atoms with van der Waals surface area (Å²) in [6.45, 7) is 0. The van der Waals surface area contributed by atoms with Gasteiger partial charge in [0.05, 0.1) is 17.7 Å². The molecule has 0 aliphatic carbocycles. The zero-order valence-corrected chi connectivity index (χ0v) is 14.6. The van der Waals surface area contributed by atoms with Crippen molar-refractivity contribution in [1.29, 1.82) is 0 Å². The van der Waals surface area contributed by atoms with E-state index in [1.807, 2.05) is 6.07 Å². The van der Waals surface area contributed by atoms with Gasteiger partial charge in [0, 0.05) is 11.9 Å². The van der Waals surface area contributed by atoms with E-state index in [1.165, 1.54) is 37.6 Å². The largest absolute Gasteiger partial charge is 0.497 e. The third-order valence-corrected chi connectivity index (χ3v) is 4.88. The normalized spacial score (nSPS) is 11.0. The van der Waals surface area contributed by atoms with Crippen molar-refractivity contribution in [3.63, 3.8) is 0 Å². The first kappa shape index (κ1) is 17.5. The van der Waals surface area contributed by atoms with Gasteiger partial charge in [-0.3, -0.25) is 14.6 Å². The van der Waals surface area contributed by atoms with Crippen LogP contribution in [0.1, 0.15) is 10.5 Å². The highest BCUT2D eigenvalue weighted by Gasteiger charge is 2.21. The number of methoxy groups -OCH3 is 1. The van der Waals surface area contributed by atoms with Crippen LogP contribution in [0.2, 0.25) is 0 Å². The summed E-state index contributed by atoms with van der Waals surface area (Å²) < 4.78 is 32.4. The molecule has 0 spiro atoms. The number of benzene rings is 2. The van der Waals surface area contributed by atoms with E-state index in [9.17, 15) is 13.2 Å². The van der Waals surface area contributed by atoms with E-state index in [0.29, 0.717) is 11.4 Å². The molecule has 0 fully saturated rings. The van der Waals surface area contributed by atoms with E-state index >= 15 is 0 Å². The molecule has 9 heteroatoms. The van der Waals surface area contributed by atoms with Crippen LogP contribution in [0.4, 0.5) is 11.4 Å². The molecule has 3 N–H and O–H groups in total. The first-order valence-electron chi connectivity index (χ1n) is 7.56. The van der Waals surface area contributed by atoms with Crippen molar-refractivity contribution in [2.24, 2.45) is 0 Å². The fourth-order valence-corrected chi connectivity index (χ4v) is 3.27. The Morgan fingerprint density at radius 1 is 1.08 bits per heavy atom. The van der Waals surface area contributed by atoms with Crippen molar-refractivity contribution in [3.05, 3.63) is 66.5 Å². The maximum Gasteiger partial charge on any atom is 0.278 e. The number of carbonyl (C=O) groups is 1. The minimum atomic E-state index is -3.88. The van der Waals surface area contributed by atoms with E-state index in [1.54, 1.807) is 24.3 Å². The molecule has 8 nitrogen and oxygen atoms in total. The van der Waals surface area contributed by atoms with Crippen LogP contribution < -0.4 is 14.8 Å². The number of aromatic amines is 1. The Labute approximate surface area is 150 Å². The van der Waals surface area contributed by atoms with Gasteiger partial charge in [0.15, 0.2) is 5.69 Å². The maximum absolute atomic E-state index is 12.5. The molecule has 134 valence electrons. The molecule has 1 heterocycles. The number of nitrogens with one attached hydrogen (secondary N) is 3. The molecular weight excluding hydrogens is 356 g/mol. The lowest BCUT2D eigenvalue weighted by atomic mass is 10.3. The van der Waals surface area contributed by atoms with Gasteiger partial charge in [-0.2, -0.15) is 5.10 Å². The monoisotopic (exact) mass is 372 g/mol. The number of ether oxygens (including phenoxy) is 1. The number of para-hydroxylation sites is 1. The van der Waals surface area contributed by atoms with Crippen molar-refractivity contribution in [2.75, 3.05) is 17.1 Å². The van der Waals surface area contributed by atoms with Gasteiger partial charge < -0.3 is 10.1 Å². The van der Waals surface area contributed by atoms with Gasteiger partial charge in [0.2, 0.25) is 0 Å². The Bertz CT molecular complexity index is 999. The molecule has 0 unspecified atom stereocenters. The van der Waals surface area contributed by atoms with Crippen LogP contribution in [0.3, 0.4) is 0 Å². The van der Waals surface area contributed by atoms with Crippen molar-refractivity contribution in [1.82, 2.24) is 10.2 Å². The summed E-state index contributed by atoms with van der Waals surface area (Å²) >= 11 is 0. The number of carbonyl (C=O) groups excluding carboxylic acids is 1. The van der Waals surface area contributed by atoms with Crippen LogP contribution in [-0.2, 0) is 10.0 Å². The summed E-state index contributed by atoms with van der Waals surface area (Å²) in [4.78, 5) is 12.4. The zero-order chi connectivity index (χ0) is 18.6. The van der Waals surface area contributed by atoms with Crippen LogP contribution >= 0.6 is 0 Å². The maximum atomic E-state index is 12.5. The number of sulfonamides is 1. The first-order valence-corrected chi connectivity index (χ1v) is 9.05. The van der Waals surface area contributed by atoms with Crippen molar-refractivity contribution < 1.29 is 17.9 Å². The Kier molecular flexibility index (Phi) is 4.90. The van der Waals surface area contributed by atoms with Crippen LogP contribution in [0.5, 0.6) is 5.75 Å². The molecule has 0 bridgehead atoms. The Morgan fingerprint density at radius 3 is 2.42 bits per heavy atom. The van der Waals surface area contributed by atoms with E-state index in [-0.39, 0.29) is 16.3 Å². The van der Waals surface area contributed by atoms with Crippen LogP contribution in [0.25, 0.3) is 0 Å². The van der Waals surface area contributed by atoms with Crippen LogP contribution in [0.15, 0.2) is 65.7 Å². The second-order valence-electron chi connectivity index (χ2n) is 5.25. The second-order valence-corrected chi connectivity index (χ2v) is 6.93. The minimum absolute atomic E-state index is 0.0360. The molecule has 0 radical (unpaired) electrons. The lowest BCUT2D eigenvalue weighted by Crippen LogP contribution is -2.18. The van der Waals surface area contributed by atoms with Crippen molar-refractivity contribution in [3.8, 4) is 5.75 Å². The molecule has 1 amide bonds. The summed E-state index contributed by atoms with van der Waals surface area (Å²) in [6, 6.07) is 14.7. The quantitative estimate of drug-likeness (QED) is 0.615. The number of hydrogen-bond acceptors (Lipinski definition) is 5. The number of aromatic nitrogens is 2. The van der Waals surface area contributed by atoms with Crippen LogP contribution in [-0.4, -0.2) is 31.6 Å². The molecule has 3 aromatic rings. The Balaban J connectivity index is 1.80. The highest BCUT2D eigenvalue weighted by molar-refractivity contribution is 7.92. The first-order chi connectivity index (χ1) is 12.5. The van der Waals surface area contributed by atoms with E-state index in [0.717, 1.165) is 0 Å². The molecule has 2 aromatic carbocycles. The smallest absolute Gasteiger partial charge is 0.278 e. The average Bonchev–Trinajstić information content (AvgIpc) is 3.10. The SMILES string of the molecule is COc1ccc(S(=O)(=O)Nc2c[nH]nc2C(=O)Nc2ccccc2)cc1. The highest BCUT2D eigenvalue weighted by Crippen LogP contribution is 2.21. The molecular formula is C17H16N4O4S. The van der Waals surface area contributed by atoms with Crippen LogP contribution in [0, 0.1) is 0 Å². The average molecular weight is 372 g/mol. The molecule has 0 atom stereocenters. The van der Waals surface area contributed by atoms with E-state index in [4.69, 9.17) is 4.74 Å². The van der Waals surface area contributed by atoms with Gasteiger partial charge in [-0.15, -0.1) is 0 Å². The predicted octanol–water partition coefficient (Wildman–Crippen LogP) is 2.47. The lowest BCUT2D eigenvalue weighted by Gasteiger charge is -2.09. The predicted molar refractivity (Wildman–Crippen MR) is 96.8 cm³/mol. The van der Waals surface area contributed by atoms with Gasteiger partial charge in [-0.1, -0.05) is 18.2 Å². The third kappa shape index (κ3) is 3.83. The van der Waals surface area contributed by atoms with Gasteiger partial charge in [0.25, 0.3) is 15.9 Å². The Hall–Kier alpha value is -3.33. The zero-order valence-electron chi connectivity index (χ0n) is 13.8. The van der Waals surface area contributed by atoms with Gasteiger partial charge in [-0.25, -0.2) is 8.42 Å². The highest BCUT2D eigenvalue weighted by atomic mass is 32.2. The number of hydrogen-bond donors (Lipinski definition) is 3. The second kappa shape index (κ2) is 7.28. The summed E-state index contributed by atoms with van der Waals surface area (Å²) in [7, 11) is -2.39. The van der Waals surface area contributed by atoms with Crippen molar-refractivity contribution >= 4 is 27.3 Å². The summed E-state index contributed by atoms with van der Waals surface area (Å²) in [5, 5.41) is 8.99. The molecule has 26 heavy (non-hydrogen) atoms. The number of H-pyrrole nitrogens is 1. The van der Waals surface area contributed by atoms with Gasteiger partial charge in [-0.05, 0) is 36.4 Å². The standard InChI is InChI=1S/C17H16N4O4S/c1-25-13-7-9-14(10-8-13)26(23,24)21-15-11-18-20-16(15)17(22)19-12-5-3-2-4-6-12/h2-11,21H,1H3,(H,18,20)(H,19,22). The van der Waals surface area contributed by atoms with Crippen molar-refractivity contribution in [2.45, 2.75) is 4.90 Å². The topological polar surface area (TPSA) is 113 Å². The summed E-state index contributed by atoms with van der Waals surface area (Å²) in [5.74, 6) is 0.0000648. The fourth-order valence-electron chi connectivity index (χ4n) is 2.21. The number of rotatable bonds is 6. The number of anilines is 2. The fraction of sp³-hybridized carbons (Fsp3) is 0.0588. The molecule has 3 rings (SSSR count). The third-order valence-electron chi connectivity index (χ3n) is 3.50. The minimum Gasteiger partial charge on any atom is -0.497 e.